The number of amides is 1. The van der Waals surface area contributed by atoms with Crippen LogP contribution >= 0.6 is 34.8 Å². The Kier molecular flexibility index (Phi) is 6.33. The number of nitrogens with one attached hydrogen (secondary N) is 1. The van der Waals surface area contributed by atoms with Gasteiger partial charge < -0.3 is 10.1 Å². The molecule has 0 fully saturated rings. The average Bonchev–Trinajstić information content (AvgIpc) is 2.50. The molecule has 0 saturated heterocycles. The summed E-state index contributed by atoms with van der Waals surface area (Å²) in [7, 11) is 0. The topological polar surface area (TPSA) is 51.2 Å². The number of nitrogens with zero attached hydrogens (tertiary/aromatic N) is 1. The third-order valence-corrected chi connectivity index (χ3v) is 4.24. The van der Waals surface area contributed by atoms with Gasteiger partial charge in [-0.2, -0.15) is 0 Å². The summed E-state index contributed by atoms with van der Waals surface area (Å²) >= 11 is 17.9. The summed E-state index contributed by atoms with van der Waals surface area (Å²) in [6.45, 7) is 5.79. The minimum atomic E-state index is -0.367. The molecule has 0 aliphatic rings. The van der Waals surface area contributed by atoms with Crippen LogP contribution in [0.1, 0.15) is 30.9 Å². The van der Waals surface area contributed by atoms with Crippen molar-refractivity contribution in [2.45, 2.75) is 26.7 Å². The molecule has 1 aromatic heterocycles. The normalized spacial score (nSPS) is 10.8. The fourth-order valence-corrected chi connectivity index (χ4v) is 2.66. The van der Waals surface area contributed by atoms with Crippen molar-refractivity contribution in [3.63, 3.8) is 0 Å². The van der Waals surface area contributed by atoms with Gasteiger partial charge in [0.1, 0.15) is 5.75 Å². The second-order valence-electron chi connectivity index (χ2n) is 5.61. The van der Waals surface area contributed by atoms with Crippen LogP contribution in [0.5, 0.6) is 5.75 Å². The molecule has 2 rings (SSSR count). The van der Waals surface area contributed by atoms with Gasteiger partial charge in [-0.3, -0.25) is 4.79 Å². The quantitative estimate of drug-likeness (QED) is 0.738. The highest BCUT2D eigenvalue weighted by Crippen LogP contribution is 2.32. The second kappa shape index (κ2) is 8.06. The number of hydrogen-bond donors (Lipinski definition) is 1. The zero-order valence-corrected chi connectivity index (χ0v) is 15.8. The Morgan fingerprint density at radius 1 is 1.21 bits per heavy atom. The summed E-state index contributed by atoms with van der Waals surface area (Å²) in [6.07, 6.45) is 1.41. The minimum Gasteiger partial charge on any atom is -0.483 e. The van der Waals surface area contributed by atoms with Gasteiger partial charge in [-0.15, -0.1) is 0 Å². The number of halogens is 3. The van der Waals surface area contributed by atoms with Gasteiger partial charge in [-0.05, 0) is 42.2 Å². The van der Waals surface area contributed by atoms with Crippen molar-refractivity contribution in [3.05, 3.63) is 50.6 Å². The lowest BCUT2D eigenvalue weighted by Gasteiger charge is -2.16. The van der Waals surface area contributed by atoms with Crippen molar-refractivity contribution in [2.75, 3.05) is 11.9 Å². The molecule has 1 aromatic carbocycles. The largest absolute Gasteiger partial charge is 0.483 e. The van der Waals surface area contributed by atoms with Crippen molar-refractivity contribution < 1.29 is 9.53 Å². The van der Waals surface area contributed by atoms with Crippen LogP contribution in [0.3, 0.4) is 0 Å². The SMILES string of the molecule is Cc1cc(OCC(=O)Nc2ncc(Cl)cc2Cl)c(C(C)C)cc1Cl. The molecule has 0 saturated carbocycles. The smallest absolute Gasteiger partial charge is 0.263 e. The predicted octanol–water partition coefficient (Wildman–Crippen LogP) is 5.49. The Bertz CT molecular complexity index is 764. The van der Waals surface area contributed by atoms with Gasteiger partial charge in [0.25, 0.3) is 5.91 Å². The molecule has 0 bridgehead atoms. The Hall–Kier alpha value is -1.49. The maximum absolute atomic E-state index is 12.1. The van der Waals surface area contributed by atoms with Gasteiger partial charge in [-0.25, -0.2) is 4.98 Å². The molecule has 1 amide bonds. The van der Waals surface area contributed by atoms with Gasteiger partial charge in [0.05, 0.1) is 10.0 Å². The van der Waals surface area contributed by atoms with Gasteiger partial charge in [0.2, 0.25) is 0 Å². The third kappa shape index (κ3) is 4.76. The Morgan fingerprint density at radius 2 is 1.92 bits per heavy atom. The minimum absolute atomic E-state index is 0.165. The van der Waals surface area contributed by atoms with E-state index in [4.69, 9.17) is 39.5 Å². The van der Waals surface area contributed by atoms with E-state index < -0.39 is 0 Å². The number of anilines is 1. The van der Waals surface area contributed by atoms with Crippen LogP contribution in [0, 0.1) is 6.92 Å². The summed E-state index contributed by atoms with van der Waals surface area (Å²) < 4.78 is 5.66. The van der Waals surface area contributed by atoms with Crippen molar-refractivity contribution in [2.24, 2.45) is 0 Å². The molecule has 2 aromatic rings. The highest BCUT2D eigenvalue weighted by atomic mass is 35.5. The van der Waals surface area contributed by atoms with E-state index in [0.717, 1.165) is 11.1 Å². The number of aryl methyl sites for hydroxylation is 1. The number of hydrogen-bond acceptors (Lipinski definition) is 3. The first-order valence-corrected chi connectivity index (χ1v) is 8.45. The first-order chi connectivity index (χ1) is 11.3. The Morgan fingerprint density at radius 3 is 2.54 bits per heavy atom. The lowest BCUT2D eigenvalue weighted by atomic mass is 10.0. The molecule has 24 heavy (non-hydrogen) atoms. The Balaban J connectivity index is 2.07. The van der Waals surface area contributed by atoms with E-state index in [1.807, 2.05) is 32.9 Å². The summed E-state index contributed by atoms with van der Waals surface area (Å²) in [5.74, 6) is 0.728. The van der Waals surface area contributed by atoms with Gasteiger partial charge in [-0.1, -0.05) is 48.7 Å². The number of rotatable bonds is 5. The van der Waals surface area contributed by atoms with Crippen LogP contribution in [0.15, 0.2) is 24.4 Å². The van der Waals surface area contributed by atoms with E-state index in [0.29, 0.717) is 15.8 Å². The molecule has 0 unspecified atom stereocenters. The first kappa shape index (κ1) is 18.8. The van der Waals surface area contributed by atoms with E-state index in [9.17, 15) is 4.79 Å². The Labute approximate surface area is 156 Å². The lowest BCUT2D eigenvalue weighted by molar-refractivity contribution is -0.118. The standard InChI is InChI=1S/C17H17Cl3N2O2/c1-9(2)12-6-13(19)10(3)4-15(12)24-8-16(23)22-17-14(20)5-11(18)7-21-17/h4-7,9H,8H2,1-3H3,(H,21,22,23). The van der Waals surface area contributed by atoms with Gasteiger partial charge in [0, 0.05) is 11.2 Å². The summed E-state index contributed by atoms with van der Waals surface area (Å²) in [6, 6.07) is 5.21. The highest BCUT2D eigenvalue weighted by Gasteiger charge is 2.14. The second-order valence-corrected chi connectivity index (χ2v) is 6.87. The summed E-state index contributed by atoms with van der Waals surface area (Å²) in [4.78, 5) is 16.0. The third-order valence-electron chi connectivity index (χ3n) is 3.34. The number of ether oxygens (including phenoxy) is 1. The molecule has 0 aliphatic carbocycles. The number of aromatic nitrogens is 1. The maximum atomic E-state index is 12.1. The molecule has 128 valence electrons. The van der Waals surface area contributed by atoms with E-state index in [1.165, 1.54) is 12.3 Å². The van der Waals surface area contributed by atoms with Crippen LogP contribution in [0.2, 0.25) is 15.1 Å². The monoisotopic (exact) mass is 386 g/mol. The van der Waals surface area contributed by atoms with Crippen molar-refractivity contribution >= 4 is 46.5 Å². The zero-order valence-electron chi connectivity index (χ0n) is 13.5. The van der Waals surface area contributed by atoms with Crippen molar-refractivity contribution in [3.8, 4) is 5.75 Å². The van der Waals surface area contributed by atoms with Gasteiger partial charge in [0.15, 0.2) is 12.4 Å². The van der Waals surface area contributed by atoms with Crippen LogP contribution < -0.4 is 10.1 Å². The van der Waals surface area contributed by atoms with E-state index >= 15 is 0 Å². The van der Waals surface area contributed by atoms with Crippen LogP contribution in [-0.2, 0) is 4.79 Å². The molecule has 7 heteroatoms. The molecule has 0 aliphatic heterocycles. The number of benzene rings is 1. The average molecular weight is 388 g/mol. The zero-order chi connectivity index (χ0) is 17.9. The van der Waals surface area contributed by atoms with E-state index in [1.54, 1.807) is 0 Å². The predicted molar refractivity (Wildman–Crippen MR) is 98.7 cm³/mol. The van der Waals surface area contributed by atoms with E-state index in [-0.39, 0.29) is 29.3 Å². The van der Waals surface area contributed by atoms with Crippen LogP contribution in [0.25, 0.3) is 0 Å². The molecule has 0 atom stereocenters. The van der Waals surface area contributed by atoms with Gasteiger partial charge >= 0.3 is 0 Å². The fourth-order valence-electron chi connectivity index (χ4n) is 2.06. The van der Waals surface area contributed by atoms with Crippen LogP contribution in [0.4, 0.5) is 5.82 Å². The number of carbonyl (C=O) groups excluding carboxylic acids is 1. The summed E-state index contributed by atoms with van der Waals surface area (Å²) in [5.41, 5.74) is 1.83. The highest BCUT2D eigenvalue weighted by molar-refractivity contribution is 6.36. The molecule has 4 nitrogen and oxygen atoms in total. The van der Waals surface area contributed by atoms with E-state index in [2.05, 4.69) is 10.3 Å². The molecule has 0 radical (unpaired) electrons. The first-order valence-electron chi connectivity index (χ1n) is 7.31. The molecule has 1 heterocycles. The lowest BCUT2D eigenvalue weighted by Crippen LogP contribution is -2.21. The van der Waals surface area contributed by atoms with Crippen LogP contribution in [-0.4, -0.2) is 17.5 Å². The van der Waals surface area contributed by atoms with Crippen molar-refractivity contribution in [1.82, 2.24) is 4.98 Å². The molecule has 0 spiro atoms. The maximum Gasteiger partial charge on any atom is 0.263 e. The number of pyridine rings is 1. The number of carbonyl (C=O) groups is 1. The molecular weight excluding hydrogens is 371 g/mol. The molecular formula is C17H17Cl3N2O2. The molecule has 1 N–H and O–H groups in total. The fraction of sp³-hybridized carbons (Fsp3) is 0.294. The summed E-state index contributed by atoms with van der Waals surface area (Å²) in [5, 5.41) is 3.93. The van der Waals surface area contributed by atoms with Crippen molar-refractivity contribution in [1.29, 1.82) is 0 Å².